The molecule has 0 unspecified atom stereocenters. The van der Waals surface area contributed by atoms with E-state index < -0.39 is 10.0 Å². The van der Waals surface area contributed by atoms with Gasteiger partial charge in [0.05, 0.1) is 16.1 Å². The third-order valence-electron chi connectivity index (χ3n) is 6.02. The first-order valence-electron chi connectivity index (χ1n) is 10.5. The maximum absolute atomic E-state index is 13.1. The summed E-state index contributed by atoms with van der Waals surface area (Å²) in [7, 11) is -3.50. The van der Waals surface area contributed by atoms with Crippen molar-refractivity contribution in [1.29, 1.82) is 0 Å². The molecule has 30 heavy (non-hydrogen) atoms. The van der Waals surface area contributed by atoms with Crippen molar-refractivity contribution < 1.29 is 13.2 Å². The SMILES string of the molecule is CC1(C)Cc2ccccc2C(CC(=O)C2CCN(S(=O)(=O)c3ccccc3)CC2)=N1. The number of carbonyl (C=O) groups excluding carboxylic acids is 1. The topological polar surface area (TPSA) is 66.8 Å². The average molecular weight is 425 g/mol. The molecular formula is C24H28N2O3S. The highest BCUT2D eigenvalue weighted by atomic mass is 32.2. The zero-order valence-corrected chi connectivity index (χ0v) is 18.4. The van der Waals surface area contributed by atoms with Crippen molar-refractivity contribution >= 4 is 21.5 Å². The molecule has 2 aliphatic rings. The molecule has 0 amide bonds. The molecule has 2 aromatic carbocycles. The normalized spacial score (nSPS) is 19.7. The predicted molar refractivity (Wildman–Crippen MR) is 118 cm³/mol. The summed E-state index contributed by atoms with van der Waals surface area (Å²) in [5.74, 6) is 0.0464. The summed E-state index contributed by atoms with van der Waals surface area (Å²) in [4.78, 5) is 18.2. The monoisotopic (exact) mass is 424 g/mol. The Hall–Kier alpha value is -2.31. The zero-order valence-electron chi connectivity index (χ0n) is 17.5. The highest BCUT2D eigenvalue weighted by molar-refractivity contribution is 7.89. The third-order valence-corrected chi connectivity index (χ3v) is 7.93. The molecule has 2 heterocycles. The Morgan fingerprint density at radius 3 is 2.37 bits per heavy atom. The minimum absolute atomic E-state index is 0.118. The molecule has 0 aliphatic carbocycles. The zero-order chi connectivity index (χ0) is 21.4. The van der Waals surface area contributed by atoms with Crippen LogP contribution in [0.25, 0.3) is 0 Å². The summed E-state index contributed by atoms with van der Waals surface area (Å²) >= 11 is 0. The van der Waals surface area contributed by atoms with Gasteiger partial charge < -0.3 is 0 Å². The molecule has 0 spiro atoms. The highest BCUT2D eigenvalue weighted by Gasteiger charge is 2.33. The van der Waals surface area contributed by atoms with E-state index in [0.29, 0.717) is 37.2 Å². The van der Waals surface area contributed by atoms with Crippen LogP contribution >= 0.6 is 0 Å². The third kappa shape index (κ3) is 4.25. The number of carbonyl (C=O) groups is 1. The van der Waals surface area contributed by atoms with Crippen LogP contribution in [0.5, 0.6) is 0 Å². The van der Waals surface area contributed by atoms with Crippen molar-refractivity contribution in [3.63, 3.8) is 0 Å². The van der Waals surface area contributed by atoms with Crippen LogP contribution in [0.15, 0.2) is 64.5 Å². The van der Waals surface area contributed by atoms with E-state index in [1.807, 2.05) is 18.2 Å². The number of hydrogen-bond donors (Lipinski definition) is 0. The molecule has 5 nitrogen and oxygen atoms in total. The minimum atomic E-state index is -3.50. The molecule has 2 aliphatic heterocycles. The van der Waals surface area contributed by atoms with E-state index in [1.54, 1.807) is 30.3 Å². The van der Waals surface area contributed by atoms with E-state index in [4.69, 9.17) is 4.99 Å². The van der Waals surface area contributed by atoms with Crippen molar-refractivity contribution in [2.45, 2.75) is 50.0 Å². The molecular weight excluding hydrogens is 396 g/mol. The van der Waals surface area contributed by atoms with Crippen LogP contribution in [0.4, 0.5) is 0 Å². The van der Waals surface area contributed by atoms with Crippen molar-refractivity contribution in [2.24, 2.45) is 10.9 Å². The molecule has 0 aromatic heterocycles. The van der Waals surface area contributed by atoms with Gasteiger partial charge >= 0.3 is 0 Å². The predicted octanol–water partition coefficient (Wildman–Crippen LogP) is 3.87. The fraction of sp³-hybridized carbons (Fsp3) is 0.417. The summed E-state index contributed by atoms with van der Waals surface area (Å²) in [6.45, 7) is 4.95. The first-order valence-corrected chi connectivity index (χ1v) is 12.0. The first kappa shape index (κ1) is 20.9. The molecule has 0 saturated carbocycles. The van der Waals surface area contributed by atoms with Gasteiger partial charge in [0, 0.05) is 25.4 Å². The molecule has 1 fully saturated rings. The van der Waals surface area contributed by atoms with E-state index in [-0.39, 0.29) is 17.2 Å². The van der Waals surface area contributed by atoms with Crippen molar-refractivity contribution in [2.75, 3.05) is 13.1 Å². The second kappa shape index (κ2) is 8.08. The maximum Gasteiger partial charge on any atom is 0.243 e. The van der Waals surface area contributed by atoms with Gasteiger partial charge in [-0.15, -0.1) is 0 Å². The van der Waals surface area contributed by atoms with Gasteiger partial charge in [-0.25, -0.2) is 8.42 Å². The van der Waals surface area contributed by atoms with E-state index in [1.165, 1.54) is 9.87 Å². The first-order chi connectivity index (χ1) is 14.3. The molecule has 6 heteroatoms. The van der Waals surface area contributed by atoms with E-state index >= 15 is 0 Å². The number of ketones is 1. The van der Waals surface area contributed by atoms with Crippen molar-refractivity contribution in [3.8, 4) is 0 Å². The Bertz CT molecular complexity index is 1070. The summed E-state index contributed by atoms with van der Waals surface area (Å²) < 4.78 is 27.1. The van der Waals surface area contributed by atoms with E-state index in [2.05, 4.69) is 19.9 Å². The number of Topliss-reactive ketones (excluding diaryl/α,β-unsaturated/α-hetero) is 1. The Balaban J connectivity index is 1.43. The van der Waals surface area contributed by atoms with Gasteiger partial charge in [0.2, 0.25) is 10.0 Å². The smallest absolute Gasteiger partial charge is 0.243 e. The van der Waals surface area contributed by atoms with E-state index in [9.17, 15) is 13.2 Å². The van der Waals surface area contributed by atoms with Crippen LogP contribution < -0.4 is 0 Å². The molecule has 158 valence electrons. The number of hydrogen-bond acceptors (Lipinski definition) is 4. The molecule has 0 radical (unpaired) electrons. The van der Waals surface area contributed by atoms with Crippen LogP contribution in [-0.4, -0.2) is 42.8 Å². The maximum atomic E-state index is 13.1. The molecule has 2 aromatic rings. The quantitative estimate of drug-likeness (QED) is 0.732. The van der Waals surface area contributed by atoms with Gasteiger partial charge in [-0.05, 0) is 56.4 Å². The van der Waals surface area contributed by atoms with Gasteiger partial charge in [0.15, 0.2) is 0 Å². The molecule has 4 rings (SSSR count). The largest absolute Gasteiger partial charge is 0.299 e. The fourth-order valence-electron chi connectivity index (χ4n) is 4.49. The molecule has 0 bridgehead atoms. The number of fused-ring (bicyclic) bond motifs is 1. The lowest BCUT2D eigenvalue weighted by molar-refractivity contribution is -0.122. The fourth-order valence-corrected chi connectivity index (χ4v) is 5.98. The van der Waals surface area contributed by atoms with Gasteiger partial charge in [-0.1, -0.05) is 42.5 Å². The lowest BCUT2D eigenvalue weighted by atomic mass is 9.83. The Labute approximate surface area is 178 Å². The van der Waals surface area contributed by atoms with Gasteiger partial charge in [-0.2, -0.15) is 4.31 Å². The van der Waals surface area contributed by atoms with Gasteiger partial charge in [-0.3, -0.25) is 9.79 Å². The summed E-state index contributed by atoms with van der Waals surface area (Å²) in [5.41, 5.74) is 2.97. The lowest BCUT2D eigenvalue weighted by Gasteiger charge is -2.32. The Morgan fingerprint density at radius 1 is 1.03 bits per heavy atom. The minimum Gasteiger partial charge on any atom is -0.299 e. The number of rotatable bonds is 5. The molecule has 1 saturated heterocycles. The lowest BCUT2D eigenvalue weighted by Crippen LogP contribution is -2.40. The molecule has 0 atom stereocenters. The summed E-state index contributed by atoms with van der Waals surface area (Å²) in [6.07, 6.45) is 2.31. The van der Waals surface area contributed by atoms with Crippen LogP contribution in [0, 0.1) is 5.92 Å². The highest BCUT2D eigenvalue weighted by Crippen LogP contribution is 2.30. The van der Waals surface area contributed by atoms with Crippen molar-refractivity contribution in [1.82, 2.24) is 4.31 Å². The Morgan fingerprint density at radius 2 is 1.67 bits per heavy atom. The summed E-state index contributed by atoms with van der Waals surface area (Å²) in [5, 5.41) is 0. The average Bonchev–Trinajstić information content (AvgIpc) is 2.73. The van der Waals surface area contributed by atoms with Gasteiger partial charge in [0.25, 0.3) is 0 Å². The second-order valence-corrected chi connectivity index (χ2v) is 10.8. The summed E-state index contributed by atoms with van der Waals surface area (Å²) in [6, 6.07) is 16.7. The van der Waals surface area contributed by atoms with Crippen LogP contribution in [-0.2, 0) is 21.2 Å². The van der Waals surface area contributed by atoms with Crippen LogP contribution in [0.2, 0.25) is 0 Å². The van der Waals surface area contributed by atoms with Crippen LogP contribution in [0.3, 0.4) is 0 Å². The number of aliphatic imine (C=N–C) groups is 1. The van der Waals surface area contributed by atoms with Crippen LogP contribution in [0.1, 0.15) is 44.2 Å². The van der Waals surface area contributed by atoms with E-state index in [0.717, 1.165) is 17.7 Å². The number of nitrogens with zero attached hydrogens (tertiary/aromatic N) is 2. The molecule has 0 N–H and O–H groups in total. The van der Waals surface area contributed by atoms with Gasteiger partial charge in [0.1, 0.15) is 5.78 Å². The Kier molecular flexibility index (Phi) is 5.64. The number of piperidine rings is 1. The second-order valence-electron chi connectivity index (χ2n) is 8.84. The van der Waals surface area contributed by atoms with Crippen molar-refractivity contribution in [3.05, 3.63) is 65.7 Å². The standard InChI is InChI=1S/C24H28N2O3S/c1-24(2)17-19-8-6-7-11-21(19)22(25-24)16-23(27)18-12-14-26(15-13-18)30(28,29)20-9-4-3-5-10-20/h3-11,18H,12-17H2,1-2H3. The number of benzene rings is 2. The number of sulfonamides is 1.